The predicted octanol–water partition coefficient (Wildman–Crippen LogP) is 4.81. The summed E-state index contributed by atoms with van der Waals surface area (Å²) in [5.41, 5.74) is 3.26. The minimum Gasteiger partial charge on any atom is -0.325 e. The number of thiophene rings is 1. The van der Waals surface area contributed by atoms with Crippen molar-refractivity contribution in [2.75, 3.05) is 5.32 Å². The number of rotatable bonds is 4. The SMILES string of the molecule is CCc1ccc(NC(=O)Cn2cnc3sc4c(c3c2=O)CC[C@H](C(C)(C)C)C4)cc1. The zero-order valence-electron chi connectivity index (χ0n) is 18.1. The lowest BCUT2D eigenvalue weighted by Gasteiger charge is -2.33. The molecule has 0 unspecified atom stereocenters. The molecule has 4 rings (SSSR count). The van der Waals surface area contributed by atoms with Crippen molar-refractivity contribution >= 4 is 33.1 Å². The number of carbonyl (C=O) groups excluding carboxylic acids is 1. The number of hydrogen-bond donors (Lipinski definition) is 1. The fraction of sp³-hybridized carbons (Fsp3) is 0.458. The molecular formula is C24H29N3O2S. The molecule has 3 aromatic rings. The van der Waals surface area contributed by atoms with Crippen LogP contribution in [-0.2, 0) is 30.6 Å². The first-order chi connectivity index (χ1) is 14.3. The number of aryl methyl sites for hydroxylation is 2. The molecule has 1 atom stereocenters. The number of aromatic nitrogens is 2. The fourth-order valence-electron chi connectivity index (χ4n) is 4.23. The van der Waals surface area contributed by atoms with Crippen molar-refractivity contribution < 1.29 is 4.79 Å². The third-order valence-electron chi connectivity index (χ3n) is 6.22. The summed E-state index contributed by atoms with van der Waals surface area (Å²) in [7, 11) is 0. The first kappa shape index (κ1) is 20.8. The van der Waals surface area contributed by atoms with Gasteiger partial charge in [0.1, 0.15) is 11.4 Å². The van der Waals surface area contributed by atoms with Crippen molar-refractivity contribution in [3.8, 4) is 0 Å². The molecule has 1 N–H and O–H groups in total. The van der Waals surface area contributed by atoms with Crippen LogP contribution in [0.5, 0.6) is 0 Å². The summed E-state index contributed by atoms with van der Waals surface area (Å²) in [5.74, 6) is 0.393. The van der Waals surface area contributed by atoms with E-state index in [9.17, 15) is 9.59 Å². The Morgan fingerprint density at radius 1 is 1.27 bits per heavy atom. The normalized spacial score (nSPS) is 16.5. The van der Waals surface area contributed by atoms with Gasteiger partial charge in [0.2, 0.25) is 5.91 Å². The van der Waals surface area contributed by atoms with E-state index in [2.05, 4.69) is 38.0 Å². The van der Waals surface area contributed by atoms with E-state index in [-0.39, 0.29) is 23.4 Å². The van der Waals surface area contributed by atoms with Gasteiger partial charge in [-0.1, -0.05) is 39.8 Å². The molecule has 1 aliphatic carbocycles. The molecule has 1 amide bonds. The van der Waals surface area contributed by atoms with E-state index in [4.69, 9.17) is 0 Å². The highest BCUT2D eigenvalue weighted by Crippen LogP contribution is 2.41. The van der Waals surface area contributed by atoms with Gasteiger partial charge in [-0.2, -0.15) is 0 Å². The molecular weight excluding hydrogens is 394 g/mol. The lowest BCUT2D eigenvalue weighted by Crippen LogP contribution is -2.29. The molecule has 0 spiro atoms. The molecule has 0 fully saturated rings. The number of fused-ring (bicyclic) bond motifs is 3. The molecule has 0 saturated carbocycles. The van der Waals surface area contributed by atoms with Crippen molar-refractivity contribution in [1.29, 1.82) is 0 Å². The van der Waals surface area contributed by atoms with E-state index in [1.165, 1.54) is 21.3 Å². The second-order valence-electron chi connectivity index (χ2n) is 9.27. The lowest BCUT2D eigenvalue weighted by molar-refractivity contribution is -0.116. The van der Waals surface area contributed by atoms with E-state index in [1.807, 2.05) is 24.3 Å². The van der Waals surface area contributed by atoms with Crippen LogP contribution in [0.2, 0.25) is 0 Å². The van der Waals surface area contributed by atoms with Crippen LogP contribution in [0, 0.1) is 11.3 Å². The van der Waals surface area contributed by atoms with E-state index >= 15 is 0 Å². The van der Waals surface area contributed by atoms with Gasteiger partial charge in [0, 0.05) is 10.6 Å². The topological polar surface area (TPSA) is 64.0 Å². The zero-order chi connectivity index (χ0) is 21.5. The van der Waals surface area contributed by atoms with Crippen molar-refractivity contribution in [1.82, 2.24) is 9.55 Å². The highest BCUT2D eigenvalue weighted by atomic mass is 32.1. The number of nitrogens with zero attached hydrogens (tertiary/aromatic N) is 2. The molecule has 0 radical (unpaired) electrons. The number of hydrogen-bond acceptors (Lipinski definition) is 4. The number of benzene rings is 1. The molecule has 0 bridgehead atoms. The molecule has 30 heavy (non-hydrogen) atoms. The third kappa shape index (κ3) is 4.06. The minimum atomic E-state index is -0.223. The van der Waals surface area contributed by atoms with Crippen LogP contribution >= 0.6 is 11.3 Å². The largest absolute Gasteiger partial charge is 0.325 e. The summed E-state index contributed by atoms with van der Waals surface area (Å²) in [6, 6.07) is 7.78. The smallest absolute Gasteiger partial charge is 0.262 e. The molecule has 6 heteroatoms. The summed E-state index contributed by atoms with van der Waals surface area (Å²) in [6.45, 7) is 8.92. The summed E-state index contributed by atoms with van der Waals surface area (Å²) < 4.78 is 1.43. The monoisotopic (exact) mass is 423 g/mol. The summed E-state index contributed by atoms with van der Waals surface area (Å²) >= 11 is 1.64. The molecule has 1 aromatic carbocycles. The van der Waals surface area contributed by atoms with Crippen LogP contribution < -0.4 is 10.9 Å². The highest BCUT2D eigenvalue weighted by Gasteiger charge is 2.31. The maximum atomic E-state index is 13.2. The van der Waals surface area contributed by atoms with Gasteiger partial charge in [-0.25, -0.2) is 4.98 Å². The van der Waals surface area contributed by atoms with Gasteiger partial charge in [0.05, 0.1) is 11.7 Å². The standard InChI is InChI=1S/C24H29N3O2S/c1-5-15-6-9-17(10-7-15)26-20(28)13-27-14-25-22-21(23(27)29)18-11-8-16(24(2,3)4)12-19(18)30-22/h6-7,9-10,14,16H,5,8,11-13H2,1-4H3,(H,26,28)/t16-/m0/s1. The van der Waals surface area contributed by atoms with Crippen molar-refractivity contribution in [2.24, 2.45) is 11.3 Å². The highest BCUT2D eigenvalue weighted by molar-refractivity contribution is 7.18. The average molecular weight is 424 g/mol. The first-order valence-electron chi connectivity index (χ1n) is 10.6. The number of amides is 1. The molecule has 0 aliphatic heterocycles. The molecule has 2 aromatic heterocycles. The van der Waals surface area contributed by atoms with Gasteiger partial charge < -0.3 is 5.32 Å². The quantitative estimate of drug-likeness (QED) is 0.655. The van der Waals surface area contributed by atoms with Crippen molar-refractivity contribution in [3.63, 3.8) is 0 Å². The molecule has 1 aliphatic rings. The van der Waals surface area contributed by atoms with E-state index in [0.29, 0.717) is 11.3 Å². The van der Waals surface area contributed by atoms with Crippen LogP contribution in [0.15, 0.2) is 35.4 Å². The average Bonchev–Trinajstić information content (AvgIpc) is 3.08. The Morgan fingerprint density at radius 2 is 2.00 bits per heavy atom. The van der Waals surface area contributed by atoms with E-state index < -0.39 is 0 Å². The van der Waals surface area contributed by atoms with Gasteiger partial charge in [-0.3, -0.25) is 14.2 Å². The number of carbonyl (C=O) groups is 1. The van der Waals surface area contributed by atoms with E-state index in [1.54, 1.807) is 11.3 Å². The molecule has 158 valence electrons. The Hall–Kier alpha value is -2.47. The molecule has 2 heterocycles. The Kier molecular flexibility index (Phi) is 5.53. The Labute approximate surface area is 181 Å². The minimum absolute atomic E-state index is 0.0352. The number of anilines is 1. The maximum Gasteiger partial charge on any atom is 0.262 e. The van der Waals surface area contributed by atoms with Crippen LogP contribution in [-0.4, -0.2) is 15.5 Å². The Morgan fingerprint density at radius 3 is 2.67 bits per heavy atom. The Balaban J connectivity index is 1.56. The summed E-state index contributed by atoms with van der Waals surface area (Å²) in [5, 5.41) is 3.58. The van der Waals surface area contributed by atoms with Gasteiger partial charge in [-0.15, -0.1) is 11.3 Å². The molecule has 5 nitrogen and oxygen atoms in total. The molecule has 0 saturated heterocycles. The summed E-state index contributed by atoms with van der Waals surface area (Å²) in [4.78, 5) is 32.3. The van der Waals surface area contributed by atoms with Gasteiger partial charge in [0.15, 0.2) is 0 Å². The first-order valence-corrected chi connectivity index (χ1v) is 11.5. The number of nitrogens with one attached hydrogen (secondary N) is 1. The van der Waals surface area contributed by atoms with Gasteiger partial charge in [-0.05, 0) is 60.3 Å². The zero-order valence-corrected chi connectivity index (χ0v) is 18.9. The third-order valence-corrected chi connectivity index (χ3v) is 7.38. The van der Waals surface area contributed by atoms with Crippen molar-refractivity contribution in [2.45, 2.75) is 59.9 Å². The van der Waals surface area contributed by atoms with Crippen LogP contribution in [0.4, 0.5) is 5.69 Å². The second-order valence-corrected chi connectivity index (χ2v) is 10.3. The van der Waals surface area contributed by atoms with Gasteiger partial charge >= 0.3 is 0 Å². The Bertz CT molecular complexity index is 1140. The summed E-state index contributed by atoms with van der Waals surface area (Å²) in [6.07, 6.45) is 5.47. The predicted molar refractivity (Wildman–Crippen MR) is 123 cm³/mol. The fourth-order valence-corrected chi connectivity index (χ4v) is 5.49. The van der Waals surface area contributed by atoms with E-state index in [0.717, 1.165) is 41.8 Å². The van der Waals surface area contributed by atoms with Crippen molar-refractivity contribution in [3.05, 3.63) is 57.0 Å². The van der Waals surface area contributed by atoms with Crippen LogP contribution in [0.1, 0.15) is 50.1 Å². The maximum absolute atomic E-state index is 13.2. The lowest BCUT2D eigenvalue weighted by atomic mass is 9.72. The second kappa shape index (κ2) is 7.99. The van der Waals surface area contributed by atoms with Gasteiger partial charge in [0.25, 0.3) is 5.56 Å². The van der Waals surface area contributed by atoms with Crippen LogP contribution in [0.3, 0.4) is 0 Å². The van der Waals surface area contributed by atoms with Crippen LogP contribution in [0.25, 0.3) is 10.2 Å².